The molecule has 1 atom stereocenters. The van der Waals surface area contributed by atoms with E-state index in [1.807, 2.05) is 28.8 Å². The minimum atomic E-state index is 0. The summed E-state index contributed by atoms with van der Waals surface area (Å²) in [5.41, 5.74) is 0.838. The van der Waals surface area contributed by atoms with Crippen molar-refractivity contribution in [3.8, 4) is 0 Å². The summed E-state index contributed by atoms with van der Waals surface area (Å²) >= 11 is 1.58. The Hall–Kier alpha value is -0.580. The fraction of sp³-hybridized carbons (Fsp3) is 0.545. The lowest BCUT2D eigenvalue weighted by atomic mass is 10.1. The molecule has 1 amide bonds. The Morgan fingerprint density at radius 2 is 2.50 bits per heavy atom. The monoisotopic (exact) mass is 260 g/mol. The van der Waals surface area contributed by atoms with Crippen LogP contribution in [0.4, 0.5) is 0 Å². The van der Waals surface area contributed by atoms with Crippen LogP contribution in [0.1, 0.15) is 16.8 Å². The molecule has 1 saturated heterocycles. The summed E-state index contributed by atoms with van der Waals surface area (Å²) in [6, 6.07) is 1.90. The molecule has 16 heavy (non-hydrogen) atoms. The molecule has 1 fully saturated rings. The maximum absolute atomic E-state index is 12.0. The van der Waals surface area contributed by atoms with Crippen LogP contribution in [0.5, 0.6) is 0 Å². The first-order chi connectivity index (χ1) is 7.31. The SMILES string of the molecule is CNCC1CCN(C(=O)c2ccsc2)C1.Cl. The summed E-state index contributed by atoms with van der Waals surface area (Å²) in [6.07, 6.45) is 1.12. The summed E-state index contributed by atoms with van der Waals surface area (Å²) in [5, 5.41) is 7.05. The van der Waals surface area contributed by atoms with Crippen molar-refractivity contribution >= 4 is 29.7 Å². The first-order valence-electron chi connectivity index (χ1n) is 5.27. The molecule has 5 heteroatoms. The topological polar surface area (TPSA) is 32.3 Å². The Morgan fingerprint density at radius 3 is 3.12 bits per heavy atom. The third-order valence-electron chi connectivity index (χ3n) is 2.83. The van der Waals surface area contributed by atoms with Gasteiger partial charge >= 0.3 is 0 Å². The lowest BCUT2D eigenvalue weighted by Gasteiger charge is -2.15. The fourth-order valence-corrected chi connectivity index (χ4v) is 2.67. The third-order valence-corrected chi connectivity index (χ3v) is 3.52. The summed E-state index contributed by atoms with van der Waals surface area (Å²) in [4.78, 5) is 13.9. The summed E-state index contributed by atoms with van der Waals surface area (Å²) < 4.78 is 0. The van der Waals surface area contributed by atoms with E-state index in [1.54, 1.807) is 11.3 Å². The van der Waals surface area contributed by atoms with Gasteiger partial charge in [0, 0.05) is 18.5 Å². The maximum atomic E-state index is 12.0. The standard InChI is InChI=1S/C11H16N2OS.ClH/c1-12-6-9-2-4-13(7-9)11(14)10-3-5-15-8-10;/h3,5,8-9,12H,2,4,6-7H2,1H3;1H. The van der Waals surface area contributed by atoms with Crippen LogP contribution in [-0.2, 0) is 0 Å². The van der Waals surface area contributed by atoms with Crippen molar-refractivity contribution in [1.29, 1.82) is 0 Å². The first kappa shape index (κ1) is 13.5. The molecular formula is C11H17ClN2OS. The number of carbonyl (C=O) groups is 1. The van der Waals surface area contributed by atoms with Gasteiger partial charge in [-0.2, -0.15) is 11.3 Å². The van der Waals surface area contributed by atoms with Crippen LogP contribution >= 0.6 is 23.7 Å². The van der Waals surface area contributed by atoms with Crippen LogP contribution in [0.15, 0.2) is 16.8 Å². The highest BCUT2D eigenvalue weighted by atomic mass is 35.5. The number of thiophene rings is 1. The Kier molecular flexibility index (Phi) is 5.25. The molecule has 1 aliphatic rings. The van der Waals surface area contributed by atoms with Gasteiger partial charge in [0.1, 0.15) is 0 Å². The van der Waals surface area contributed by atoms with Crippen molar-refractivity contribution in [2.24, 2.45) is 5.92 Å². The summed E-state index contributed by atoms with van der Waals surface area (Å²) in [7, 11) is 1.96. The number of nitrogens with zero attached hydrogens (tertiary/aromatic N) is 1. The average Bonchev–Trinajstić information content (AvgIpc) is 2.87. The number of rotatable bonds is 3. The van der Waals surface area contributed by atoms with Crippen molar-refractivity contribution in [1.82, 2.24) is 10.2 Å². The van der Waals surface area contributed by atoms with Gasteiger partial charge in [-0.15, -0.1) is 12.4 Å². The van der Waals surface area contributed by atoms with Crippen molar-refractivity contribution in [2.75, 3.05) is 26.7 Å². The Balaban J connectivity index is 0.00000128. The largest absolute Gasteiger partial charge is 0.338 e. The van der Waals surface area contributed by atoms with Crippen molar-refractivity contribution in [2.45, 2.75) is 6.42 Å². The second kappa shape index (κ2) is 6.23. The van der Waals surface area contributed by atoms with Gasteiger partial charge in [0.15, 0.2) is 0 Å². The zero-order valence-corrected chi connectivity index (χ0v) is 10.9. The Bertz CT molecular complexity index is 329. The van der Waals surface area contributed by atoms with E-state index >= 15 is 0 Å². The molecule has 0 saturated carbocycles. The van der Waals surface area contributed by atoms with Gasteiger partial charge in [-0.05, 0) is 37.4 Å². The zero-order valence-electron chi connectivity index (χ0n) is 9.31. The van der Waals surface area contributed by atoms with Crippen LogP contribution in [0, 0.1) is 5.92 Å². The molecule has 1 aliphatic heterocycles. The summed E-state index contributed by atoms with van der Waals surface area (Å²) in [6.45, 7) is 2.81. The van der Waals surface area contributed by atoms with Gasteiger partial charge in [0.25, 0.3) is 5.91 Å². The second-order valence-corrected chi connectivity index (χ2v) is 4.76. The molecule has 0 bridgehead atoms. The fourth-order valence-electron chi connectivity index (χ4n) is 2.04. The number of nitrogens with one attached hydrogen (secondary N) is 1. The quantitative estimate of drug-likeness (QED) is 0.900. The summed E-state index contributed by atoms with van der Waals surface area (Å²) in [5.74, 6) is 0.812. The van der Waals surface area contributed by atoms with Gasteiger partial charge in [-0.3, -0.25) is 4.79 Å². The number of hydrogen-bond acceptors (Lipinski definition) is 3. The van der Waals surface area contributed by atoms with Crippen molar-refractivity contribution in [3.63, 3.8) is 0 Å². The molecule has 1 aromatic heterocycles. The van der Waals surface area contributed by atoms with E-state index in [1.165, 1.54) is 0 Å². The van der Waals surface area contributed by atoms with E-state index in [0.717, 1.165) is 31.6 Å². The van der Waals surface area contributed by atoms with Gasteiger partial charge in [0.05, 0.1) is 5.56 Å². The molecule has 1 aromatic rings. The number of hydrogen-bond donors (Lipinski definition) is 1. The molecule has 0 aromatic carbocycles. The van der Waals surface area contributed by atoms with Crippen LogP contribution < -0.4 is 5.32 Å². The van der Waals surface area contributed by atoms with Gasteiger partial charge < -0.3 is 10.2 Å². The molecule has 1 N–H and O–H groups in total. The van der Waals surface area contributed by atoms with Crippen LogP contribution in [-0.4, -0.2) is 37.5 Å². The molecule has 0 aliphatic carbocycles. The van der Waals surface area contributed by atoms with E-state index < -0.39 is 0 Å². The van der Waals surface area contributed by atoms with Crippen LogP contribution in [0.25, 0.3) is 0 Å². The van der Waals surface area contributed by atoms with Crippen LogP contribution in [0.2, 0.25) is 0 Å². The van der Waals surface area contributed by atoms with Gasteiger partial charge in [0.2, 0.25) is 0 Å². The normalized spacial score (nSPS) is 19.6. The molecule has 1 unspecified atom stereocenters. The zero-order chi connectivity index (χ0) is 10.7. The minimum absolute atomic E-state index is 0. The molecule has 0 radical (unpaired) electrons. The van der Waals surface area contributed by atoms with E-state index in [2.05, 4.69) is 5.32 Å². The predicted molar refractivity (Wildman–Crippen MR) is 69.5 cm³/mol. The number of likely N-dealkylation sites (tertiary alicyclic amines) is 1. The number of halogens is 1. The van der Waals surface area contributed by atoms with Crippen LogP contribution in [0.3, 0.4) is 0 Å². The molecule has 90 valence electrons. The third kappa shape index (κ3) is 2.97. The lowest BCUT2D eigenvalue weighted by Crippen LogP contribution is -2.30. The average molecular weight is 261 g/mol. The van der Waals surface area contributed by atoms with Crippen molar-refractivity contribution in [3.05, 3.63) is 22.4 Å². The molecule has 0 spiro atoms. The number of carbonyl (C=O) groups excluding carboxylic acids is 1. The molecular weight excluding hydrogens is 244 g/mol. The second-order valence-electron chi connectivity index (χ2n) is 3.98. The molecule has 2 heterocycles. The van der Waals surface area contributed by atoms with Gasteiger partial charge in [-0.1, -0.05) is 0 Å². The minimum Gasteiger partial charge on any atom is -0.338 e. The highest BCUT2D eigenvalue weighted by Gasteiger charge is 2.26. The van der Waals surface area contributed by atoms with E-state index in [0.29, 0.717) is 5.92 Å². The molecule has 3 nitrogen and oxygen atoms in total. The van der Waals surface area contributed by atoms with E-state index in [-0.39, 0.29) is 18.3 Å². The Morgan fingerprint density at radius 1 is 1.69 bits per heavy atom. The van der Waals surface area contributed by atoms with Gasteiger partial charge in [-0.25, -0.2) is 0 Å². The first-order valence-corrected chi connectivity index (χ1v) is 6.21. The van der Waals surface area contributed by atoms with E-state index in [4.69, 9.17) is 0 Å². The predicted octanol–water partition coefficient (Wildman–Crippen LogP) is 1.85. The smallest absolute Gasteiger partial charge is 0.254 e. The highest BCUT2D eigenvalue weighted by molar-refractivity contribution is 7.08. The van der Waals surface area contributed by atoms with Crippen molar-refractivity contribution < 1.29 is 4.79 Å². The highest BCUT2D eigenvalue weighted by Crippen LogP contribution is 2.19. The molecule has 2 rings (SSSR count). The maximum Gasteiger partial charge on any atom is 0.254 e. The number of amides is 1. The Labute approximate surface area is 106 Å². The van der Waals surface area contributed by atoms with E-state index in [9.17, 15) is 4.79 Å². The lowest BCUT2D eigenvalue weighted by molar-refractivity contribution is 0.0788.